The topological polar surface area (TPSA) is 108 Å². The molecule has 0 aliphatic rings. The van der Waals surface area contributed by atoms with Crippen LogP contribution < -0.4 is 10.2 Å². The number of likely N-dealkylation sites (N-methyl/N-ethyl adjacent to an activating group) is 1. The van der Waals surface area contributed by atoms with Crippen LogP contribution >= 0.6 is 7.82 Å². The minimum absolute atomic E-state index is 0.0127. The molecule has 1 amide bonds. The fourth-order valence-electron chi connectivity index (χ4n) is 7.78. The number of hydrogen-bond acceptors (Lipinski definition) is 6. The zero-order chi connectivity index (χ0) is 45.0. The number of carbonyl (C=O) groups is 1. The summed E-state index contributed by atoms with van der Waals surface area (Å²) in [5.41, 5.74) is 0. The molecule has 8 nitrogen and oxygen atoms in total. The van der Waals surface area contributed by atoms with Crippen molar-refractivity contribution in [2.45, 2.75) is 264 Å². The Kier molecular flexibility index (Phi) is 43.5. The average molecular weight is 883 g/mol. The zero-order valence-corrected chi connectivity index (χ0v) is 42.0. The third kappa shape index (κ3) is 46.8. The molecule has 0 fully saturated rings. The molecule has 2 N–H and O–H groups in total. The van der Waals surface area contributed by atoms with E-state index in [-0.39, 0.29) is 19.1 Å². The second-order valence-electron chi connectivity index (χ2n) is 19.2. The number of quaternary nitrogens is 1. The summed E-state index contributed by atoms with van der Waals surface area (Å²) in [4.78, 5) is 25.4. The molecule has 61 heavy (non-hydrogen) atoms. The molecule has 3 atom stereocenters. The normalized spacial score (nSPS) is 14.3. The predicted molar refractivity (Wildman–Crippen MR) is 261 cm³/mol. The molecular formula is C52H103N2O6P. The van der Waals surface area contributed by atoms with Crippen molar-refractivity contribution in [3.8, 4) is 0 Å². The molecule has 362 valence electrons. The van der Waals surface area contributed by atoms with E-state index in [1.807, 2.05) is 21.1 Å². The second-order valence-corrected chi connectivity index (χ2v) is 20.6. The van der Waals surface area contributed by atoms with Crippen molar-refractivity contribution >= 4 is 13.7 Å². The van der Waals surface area contributed by atoms with Crippen molar-refractivity contribution in [1.29, 1.82) is 0 Å². The van der Waals surface area contributed by atoms with Crippen molar-refractivity contribution in [2.24, 2.45) is 0 Å². The lowest BCUT2D eigenvalue weighted by Crippen LogP contribution is -2.46. The number of rotatable bonds is 48. The van der Waals surface area contributed by atoms with Crippen molar-refractivity contribution in [3.05, 3.63) is 24.3 Å². The Morgan fingerprint density at radius 2 is 0.951 bits per heavy atom. The van der Waals surface area contributed by atoms with E-state index >= 15 is 0 Å². The van der Waals surface area contributed by atoms with E-state index in [9.17, 15) is 19.4 Å². The number of aliphatic hydroxyl groups is 1. The van der Waals surface area contributed by atoms with Crippen LogP contribution in [0.2, 0.25) is 0 Å². The highest BCUT2D eigenvalue weighted by atomic mass is 31.2. The number of aliphatic hydroxyl groups excluding tert-OH is 1. The van der Waals surface area contributed by atoms with E-state index < -0.39 is 20.0 Å². The van der Waals surface area contributed by atoms with Crippen LogP contribution in [0.5, 0.6) is 0 Å². The van der Waals surface area contributed by atoms with E-state index in [1.54, 1.807) is 0 Å². The standard InChI is InChI=1S/C52H103N2O6P/c1-6-8-10-12-14-16-18-20-21-22-23-24-25-26-27-28-29-30-31-32-33-34-36-38-40-42-44-46-52(56)53-50(49-60-61(57,58)59-48-47-54(3,4)5)51(55)45-43-41-39-37-35-19-17-15-13-11-9-7-2/h23-24,26-27,50-51,55H,6-22,25,28-49H2,1-5H3,(H-,53,56,57,58)/b24-23-,27-26-. The Balaban J connectivity index is 4.11. The zero-order valence-electron chi connectivity index (χ0n) is 41.1. The Bertz CT molecular complexity index is 1050. The SMILES string of the molecule is CCCCCCCCCCC/C=C\C/C=C\CCCCCCCCCCCCCC(=O)NC(COP(=O)([O-])OCC[N+](C)(C)C)C(O)CCCCCCCCCCCCCC. The number of nitrogens with zero attached hydrogens (tertiary/aromatic N) is 1. The highest BCUT2D eigenvalue weighted by molar-refractivity contribution is 7.45. The molecule has 0 aromatic carbocycles. The first-order valence-electron chi connectivity index (χ1n) is 26.2. The van der Waals surface area contributed by atoms with Gasteiger partial charge in [0.2, 0.25) is 5.91 Å². The first-order chi connectivity index (χ1) is 29.5. The smallest absolute Gasteiger partial charge is 0.268 e. The molecule has 0 saturated carbocycles. The monoisotopic (exact) mass is 883 g/mol. The first kappa shape index (κ1) is 60.0. The minimum atomic E-state index is -4.56. The second kappa shape index (κ2) is 44.2. The minimum Gasteiger partial charge on any atom is -0.756 e. The van der Waals surface area contributed by atoms with Crippen molar-refractivity contribution in [2.75, 3.05) is 40.9 Å². The molecule has 0 aliphatic heterocycles. The molecule has 0 aromatic rings. The maximum Gasteiger partial charge on any atom is 0.268 e. The molecule has 0 aromatic heterocycles. The van der Waals surface area contributed by atoms with Gasteiger partial charge in [-0.2, -0.15) is 0 Å². The molecule has 0 aliphatic carbocycles. The molecule has 9 heteroatoms. The summed E-state index contributed by atoms with van der Waals surface area (Å²) < 4.78 is 23.3. The van der Waals surface area contributed by atoms with Gasteiger partial charge in [0, 0.05) is 6.42 Å². The van der Waals surface area contributed by atoms with Gasteiger partial charge in [0.05, 0.1) is 39.9 Å². The van der Waals surface area contributed by atoms with Crippen LogP contribution in [0.25, 0.3) is 0 Å². The largest absolute Gasteiger partial charge is 0.756 e. The van der Waals surface area contributed by atoms with Gasteiger partial charge in [-0.25, -0.2) is 0 Å². The van der Waals surface area contributed by atoms with Crippen LogP contribution in [-0.2, 0) is 18.4 Å². The van der Waals surface area contributed by atoms with Crippen molar-refractivity contribution < 1.29 is 32.9 Å². The number of unbranched alkanes of at least 4 members (excludes halogenated alkanes) is 31. The first-order valence-corrected chi connectivity index (χ1v) is 27.6. The summed E-state index contributed by atoms with van der Waals surface area (Å²) in [5, 5.41) is 13.9. The van der Waals surface area contributed by atoms with Gasteiger partial charge in [-0.15, -0.1) is 0 Å². The molecule has 0 bridgehead atoms. The van der Waals surface area contributed by atoms with E-state index in [0.29, 0.717) is 23.9 Å². The van der Waals surface area contributed by atoms with Gasteiger partial charge in [-0.3, -0.25) is 9.36 Å². The van der Waals surface area contributed by atoms with Crippen LogP contribution in [0.3, 0.4) is 0 Å². The molecular weight excluding hydrogens is 780 g/mol. The van der Waals surface area contributed by atoms with Crippen LogP contribution in [0.1, 0.15) is 251 Å². The number of allylic oxidation sites excluding steroid dienone is 4. The number of hydrogen-bond donors (Lipinski definition) is 2. The molecule has 3 unspecified atom stereocenters. The van der Waals surface area contributed by atoms with Crippen molar-refractivity contribution in [3.63, 3.8) is 0 Å². The third-order valence-corrected chi connectivity index (χ3v) is 12.9. The fourth-order valence-corrected chi connectivity index (χ4v) is 8.50. The van der Waals surface area contributed by atoms with Crippen LogP contribution in [0.15, 0.2) is 24.3 Å². The van der Waals surface area contributed by atoms with Gasteiger partial charge >= 0.3 is 0 Å². The number of amides is 1. The van der Waals surface area contributed by atoms with E-state index in [1.165, 1.54) is 180 Å². The summed E-state index contributed by atoms with van der Waals surface area (Å²) in [6.45, 7) is 4.73. The number of phosphoric ester groups is 1. The number of phosphoric acid groups is 1. The summed E-state index contributed by atoms with van der Waals surface area (Å²) in [6.07, 6.45) is 53.4. The molecule has 0 heterocycles. The average Bonchev–Trinajstić information content (AvgIpc) is 3.21. The van der Waals surface area contributed by atoms with Gasteiger partial charge < -0.3 is 28.8 Å². The molecule has 0 spiro atoms. The Morgan fingerprint density at radius 1 is 0.574 bits per heavy atom. The van der Waals surface area contributed by atoms with Crippen LogP contribution in [0.4, 0.5) is 0 Å². The van der Waals surface area contributed by atoms with Gasteiger partial charge in [-0.05, 0) is 44.9 Å². The van der Waals surface area contributed by atoms with Crippen molar-refractivity contribution in [1.82, 2.24) is 5.32 Å². The maximum atomic E-state index is 12.9. The van der Waals surface area contributed by atoms with Crippen LogP contribution in [-0.4, -0.2) is 68.5 Å². The van der Waals surface area contributed by atoms with E-state index in [2.05, 4.69) is 43.5 Å². The van der Waals surface area contributed by atoms with Gasteiger partial charge in [0.15, 0.2) is 0 Å². The summed E-state index contributed by atoms with van der Waals surface area (Å²) in [6, 6.07) is -0.799. The number of carbonyl (C=O) groups excluding carboxylic acids is 1. The van der Waals surface area contributed by atoms with Crippen LogP contribution in [0, 0.1) is 0 Å². The third-order valence-electron chi connectivity index (χ3n) is 11.9. The highest BCUT2D eigenvalue weighted by Crippen LogP contribution is 2.38. The summed E-state index contributed by atoms with van der Waals surface area (Å²) in [7, 11) is 1.31. The lowest BCUT2D eigenvalue weighted by atomic mass is 10.0. The van der Waals surface area contributed by atoms with Gasteiger partial charge in [0.25, 0.3) is 7.82 Å². The van der Waals surface area contributed by atoms with E-state index in [0.717, 1.165) is 44.9 Å². The lowest BCUT2D eigenvalue weighted by molar-refractivity contribution is -0.870. The summed E-state index contributed by atoms with van der Waals surface area (Å²) in [5.74, 6) is -0.166. The highest BCUT2D eigenvalue weighted by Gasteiger charge is 2.24. The number of nitrogens with one attached hydrogen (secondary N) is 1. The fraction of sp³-hybridized carbons (Fsp3) is 0.904. The maximum absolute atomic E-state index is 12.9. The van der Waals surface area contributed by atoms with E-state index in [4.69, 9.17) is 9.05 Å². The Labute approximate surface area is 379 Å². The predicted octanol–water partition coefficient (Wildman–Crippen LogP) is 14.6. The van der Waals surface area contributed by atoms with Gasteiger partial charge in [-0.1, -0.05) is 224 Å². The lowest BCUT2D eigenvalue weighted by Gasteiger charge is -2.30. The Hall–Kier alpha value is -1.02. The molecule has 0 rings (SSSR count). The Morgan fingerprint density at radius 3 is 1.36 bits per heavy atom. The molecule has 0 radical (unpaired) electrons. The summed E-state index contributed by atoms with van der Waals surface area (Å²) >= 11 is 0. The molecule has 0 saturated heterocycles. The van der Waals surface area contributed by atoms with Gasteiger partial charge in [0.1, 0.15) is 13.2 Å². The quantitative estimate of drug-likeness (QED) is 0.0273.